The summed E-state index contributed by atoms with van der Waals surface area (Å²) in [5.41, 5.74) is 2.53. The van der Waals surface area contributed by atoms with Crippen LogP contribution in [-0.4, -0.2) is 44.0 Å². The van der Waals surface area contributed by atoms with E-state index in [2.05, 4.69) is 5.32 Å². The van der Waals surface area contributed by atoms with Crippen molar-refractivity contribution in [2.45, 2.75) is 12.5 Å². The van der Waals surface area contributed by atoms with Gasteiger partial charge in [-0.05, 0) is 53.4 Å². The molecule has 0 aliphatic carbocycles. The first kappa shape index (κ1) is 31.2. The third-order valence-corrected chi connectivity index (χ3v) is 7.95. The molecule has 5 rings (SSSR count). The lowest BCUT2D eigenvalue weighted by atomic mass is 10.00. The monoisotopic (exact) mass is 622 g/mol. The van der Waals surface area contributed by atoms with Crippen LogP contribution in [0, 0.1) is 5.82 Å². The highest BCUT2D eigenvalue weighted by Gasteiger charge is 2.23. The quantitative estimate of drug-likeness (QED) is 0.112. The summed E-state index contributed by atoms with van der Waals surface area (Å²) in [6.45, 7) is 0.262. The van der Waals surface area contributed by atoms with E-state index in [9.17, 15) is 18.8 Å². The molecule has 0 spiro atoms. The van der Waals surface area contributed by atoms with Crippen LogP contribution in [0.3, 0.4) is 0 Å². The molecule has 45 heavy (non-hydrogen) atoms. The summed E-state index contributed by atoms with van der Waals surface area (Å²) in [4.78, 5) is 41.0. The van der Waals surface area contributed by atoms with E-state index in [1.54, 1.807) is 96.4 Å². The zero-order valence-corrected chi connectivity index (χ0v) is 25.3. The van der Waals surface area contributed by atoms with Crippen molar-refractivity contribution in [1.82, 2.24) is 0 Å². The van der Waals surface area contributed by atoms with Crippen LogP contribution in [-0.2, 0) is 16.0 Å². The Balaban J connectivity index is 1.25. The Morgan fingerprint density at radius 3 is 2.27 bits per heavy atom. The van der Waals surface area contributed by atoms with E-state index in [0.29, 0.717) is 27.4 Å². The molecular formula is C36H31FN2O5S. The highest BCUT2D eigenvalue weighted by atomic mass is 32.1. The molecule has 0 bridgehead atoms. The first-order valence-electron chi connectivity index (χ1n) is 14.3. The van der Waals surface area contributed by atoms with Crippen molar-refractivity contribution in [2.75, 3.05) is 30.5 Å². The van der Waals surface area contributed by atoms with Gasteiger partial charge in [-0.3, -0.25) is 9.59 Å². The van der Waals surface area contributed by atoms with Crippen molar-refractivity contribution in [1.29, 1.82) is 0 Å². The lowest BCUT2D eigenvalue weighted by molar-refractivity contribution is -0.141. The molecule has 0 saturated carbocycles. The Morgan fingerprint density at radius 1 is 0.844 bits per heavy atom. The second-order valence-corrected chi connectivity index (χ2v) is 11.0. The SMILES string of the molecule is COC(=O)C(Cc1ccc(OCCN(C(=O)c2cccs2)c2ccccc2F)cc1)Nc1ccccc1C(=O)c1ccccc1. The number of rotatable bonds is 13. The number of carbonyl (C=O) groups is 3. The van der Waals surface area contributed by atoms with Crippen LogP contribution < -0.4 is 15.0 Å². The molecule has 7 nitrogen and oxygen atoms in total. The molecule has 0 radical (unpaired) electrons. The van der Waals surface area contributed by atoms with Crippen molar-refractivity contribution < 1.29 is 28.2 Å². The molecule has 1 heterocycles. The fraction of sp³-hybridized carbons (Fsp3) is 0.139. The molecule has 1 N–H and O–H groups in total. The van der Waals surface area contributed by atoms with Crippen LogP contribution in [0.25, 0.3) is 0 Å². The zero-order valence-electron chi connectivity index (χ0n) is 24.5. The lowest BCUT2D eigenvalue weighted by Gasteiger charge is -2.23. The Labute approximate surface area is 264 Å². The molecule has 9 heteroatoms. The van der Waals surface area contributed by atoms with E-state index in [4.69, 9.17) is 9.47 Å². The van der Waals surface area contributed by atoms with E-state index >= 15 is 0 Å². The number of nitrogens with one attached hydrogen (secondary N) is 1. The van der Waals surface area contributed by atoms with Gasteiger partial charge in [0, 0.05) is 23.2 Å². The van der Waals surface area contributed by atoms with Crippen LogP contribution in [0.4, 0.5) is 15.8 Å². The van der Waals surface area contributed by atoms with Gasteiger partial charge in [-0.25, -0.2) is 9.18 Å². The van der Waals surface area contributed by atoms with Gasteiger partial charge in [0.25, 0.3) is 5.91 Å². The molecule has 4 aromatic carbocycles. The van der Waals surface area contributed by atoms with Gasteiger partial charge in [0.05, 0.1) is 24.2 Å². The third kappa shape index (κ3) is 7.82. The predicted molar refractivity (Wildman–Crippen MR) is 174 cm³/mol. The average molecular weight is 623 g/mol. The standard InChI is InChI=1S/C36H31FN2O5S/c1-43-36(42)31(38-30-14-7-5-12-28(30)34(40)26-10-3-2-4-11-26)24-25-17-19-27(20-18-25)44-22-21-39(32-15-8-6-13-29(32)37)35(41)33-16-9-23-45-33/h2-20,23,31,38H,21-22,24H2,1H3. The highest BCUT2D eigenvalue weighted by molar-refractivity contribution is 7.12. The number of esters is 1. The largest absolute Gasteiger partial charge is 0.492 e. The highest BCUT2D eigenvalue weighted by Crippen LogP contribution is 2.24. The maximum absolute atomic E-state index is 14.6. The summed E-state index contributed by atoms with van der Waals surface area (Å²) >= 11 is 1.29. The van der Waals surface area contributed by atoms with Gasteiger partial charge >= 0.3 is 5.97 Å². The summed E-state index contributed by atoms with van der Waals surface area (Å²) in [6.07, 6.45) is 0.289. The Kier molecular flexibility index (Phi) is 10.3. The van der Waals surface area contributed by atoms with Crippen molar-refractivity contribution in [3.63, 3.8) is 0 Å². The van der Waals surface area contributed by atoms with Crippen LogP contribution in [0.5, 0.6) is 5.75 Å². The van der Waals surface area contributed by atoms with E-state index in [0.717, 1.165) is 5.56 Å². The number of halogens is 1. The first-order valence-corrected chi connectivity index (χ1v) is 15.2. The average Bonchev–Trinajstić information content (AvgIpc) is 3.63. The number of nitrogens with zero attached hydrogens (tertiary/aromatic N) is 1. The number of hydrogen-bond acceptors (Lipinski definition) is 7. The number of hydrogen-bond donors (Lipinski definition) is 1. The summed E-state index contributed by atoms with van der Waals surface area (Å²) in [5.74, 6) is -0.873. The van der Waals surface area contributed by atoms with Crippen molar-refractivity contribution in [2.24, 2.45) is 0 Å². The Bertz CT molecular complexity index is 1740. The van der Waals surface area contributed by atoms with Crippen molar-refractivity contribution >= 4 is 40.4 Å². The van der Waals surface area contributed by atoms with Crippen LogP contribution in [0.2, 0.25) is 0 Å². The maximum Gasteiger partial charge on any atom is 0.328 e. The zero-order chi connectivity index (χ0) is 31.6. The van der Waals surface area contributed by atoms with Gasteiger partial charge in [-0.15, -0.1) is 11.3 Å². The molecule has 1 unspecified atom stereocenters. The number of ketones is 1. The van der Waals surface area contributed by atoms with E-state index < -0.39 is 17.8 Å². The normalized spacial score (nSPS) is 11.3. The minimum atomic E-state index is -0.760. The fourth-order valence-corrected chi connectivity index (χ4v) is 5.49. The first-order chi connectivity index (χ1) is 21.9. The Morgan fingerprint density at radius 2 is 1.56 bits per heavy atom. The molecule has 1 aromatic heterocycles. The fourth-order valence-electron chi connectivity index (χ4n) is 4.82. The molecule has 1 amide bonds. The van der Waals surface area contributed by atoms with Crippen molar-refractivity contribution in [3.05, 3.63) is 148 Å². The van der Waals surface area contributed by atoms with Crippen LogP contribution in [0.1, 0.15) is 31.2 Å². The third-order valence-electron chi connectivity index (χ3n) is 7.09. The summed E-state index contributed by atoms with van der Waals surface area (Å²) < 4.78 is 25.6. The molecule has 5 aromatic rings. The Hall–Kier alpha value is -5.28. The molecule has 1 atom stereocenters. The summed E-state index contributed by atoms with van der Waals surface area (Å²) in [5, 5.41) is 5.01. The van der Waals surface area contributed by atoms with E-state index in [1.807, 2.05) is 18.2 Å². The number of benzene rings is 4. The molecule has 0 saturated heterocycles. The minimum absolute atomic E-state index is 0.128. The number of anilines is 2. The molecule has 0 aliphatic heterocycles. The summed E-state index contributed by atoms with van der Waals surface area (Å²) in [6, 6.07) is 32.1. The molecule has 228 valence electrons. The molecule has 0 aliphatic rings. The topological polar surface area (TPSA) is 84.9 Å². The second kappa shape index (κ2) is 14.9. The van der Waals surface area contributed by atoms with Gasteiger partial charge < -0.3 is 19.7 Å². The van der Waals surface area contributed by atoms with Gasteiger partial charge in [-0.1, -0.05) is 72.8 Å². The number of ether oxygens (including phenoxy) is 2. The molecule has 0 fully saturated rings. The number of para-hydroxylation sites is 2. The van der Waals surface area contributed by atoms with Crippen LogP contribution in [0.15, 0.2) is 121 Å². The van der Waals surface area contributed by atoms with E-state index in [1.165, 1.54) is 29.4 Å². The van der Waals surface area contributed by atoms with Gasteiger partial charge in [0.1, 0.15) is 24.2 Å². The van der Waals surface area contributed by atoms with Gasteiger partial charge in [0.15, 0.2) is 5.78 Å². The number of amides is 1. The van der Waals surface area contributed by atoms with Gasteiger partial charge in [-0.2, -0.15) is 0 Å². The second-order valence-electron chi connectivity index (χ2n) is 10.0. The smallest absolute Gasteiger partial charge is 0.328 e. The number of thiophene rings is 1. The minimum Gasteiger partial charge on any atom is -0.492 e. The maximum atomic E-state index is 14.6. The summed E-state index contributed by atoms with van der Waals surface area (Å²) in [7, 11) is 1.32. The van der Waals surface area contributed by atoms with Crippen molar-refractivity contribution in [3.8, 4) is 5.75 Å². The number of methoxy groups -OCH3 is 1. The number of carbonyl (C=O) groups excluding carboxylic acids is 3. The lowest BCUT2D eigenvalue weighted by Crippen LogP contribution is -2.35. The molecular weight excluding hydrogens is 591 g/mol. The van der Waals surface area contributed by atoms with Crippen LogP contribution >= 0.6 is 11.3 Å². The predicted octanol–water partition coefficient (Wildman–Crippen LogP) is 7.04. The van der Waals surface area contributed by atoms with E-state index in [-0.39, 0.29) is 37.0 Å². The van der Waals surface area contributed by atoms with Gasteiger partial charge in [0.2, 0.25) is 0 Å².